The summed E-state index contributed by atoms with van der Waals surface area (Å²) >= 11 is 0. The number of benzene rings is 1. The van der Waals surface area contributed by atoms with E-state index in [4.69, 9.17) is 9.72 Å². The van der Waals surface area contributed by atoms with Gasteiger partial charge in [0.25, 0.3) is 5.91 Å². The number of hydrogen-bond acceptors (Lipinski definition) is 6. The number of amides is 1. The van der Waals surface area contributed by atoms with E-state index in [1.165, 1.54) is 0 Å². The number of hydrogen-bond donors (Lipinski definition) is 2. The number of aromatic amines is 1. The average molecular weight is 428 g/mol. The molecular formula is C24H24N6O2. The van der Waals surface area contributed by atoms with E-state index < -0.39 is 0 Å². The first-order valence-electron chi connectivity index (χ1n) is 10.6. The topological polar surface area (TPSA) is 96.0 Å². The Bertz CT molecular complexity index is 1240. The normalized spacial score (nSPS) is 15.8. The molecule has 1 amide bonds. The van der Waals surface area contributed by atoms with Crippen molar-refractivity contribution in [3.63, 3.8) is 0 Å². The van der Waals surface area contributed by atoms with Gasteiger partial charge in [0.05, 0.1) is 24.7 Å². The van der Waals surface area contributed by atoms with Crippen molar-refractivity contribution in [2.45, 2.75) is 18.9 Å². The number of rotatable bonds is 6. The molecule has 0 bridgehead atoms. The van der Waals surface area contributed by atoms with Gasteiger partial charge in [0.15, 0.2) is 11.5 Å². The summed E-state index contributed by atoms with van der Waals surface area (Å²) in [4.78, 5) is 23.9. The Hall–Kier alpha value is -3.94. The fraction of sp³-hybridized carbons (Fsp3) is 0.250. The van der Waals surface area contributed by atoms with Gasteiger partial charge in [0.2, 0.25) is 0 Å². The number of pyridine rings is 2. The lowest BCUT2D eigenvalue weighted by Crippen LogP contribution is -2.28. The van der Waals surface area contributed by atoms with Crippen LogP contribution in [-0.2, 0) is 6.54 Å². The zero-order valence-corrected chi connectivity index (χ0v) is 17.8. The minimum Gasteiger partial charge on any atom is -0.497 e. The Labute approximate surface area is 185 Å². The molecule has 3 aromatic heterocycles. The largest absolute Gasteiger partial charge is 0.497 e. The van der Waals surface area contributed by atoms with Crippen LogP contribution in [0.15, 0.2) is 60.8 Å². The number of carbonyl (C=O) groups is 1. The smallest absolute Gasteiger partial charge is 0.254 e. The van der Waals surface area contributed by atoms with Gasteiger partial charge in [0, 0.05) is 36.5 Å². The molecule has 2 N–H and O–H groups in total. The second-order valence-corrected chi connectivity index (χ2v) is 7.85. The maximum atomic E-state index is 12.9. The van der Waals surface area contributed by atoms with Crippen LogP contribution >= 0.6 is 0 Å². The van der Waals surface area contributed by atoms with Crippen LogP contribution in [0, 0.1) is 0 Å². The minimum atomic E-state index is 0.0232. The van der Waals surface area contributed by atoms with Crippen LogP contribution in [0.1, 0.15) is 34.1 Å². The van der Waals surface area contributed by atoms with Crippen LogP contribution < -0.4 is 10.1 Å². The van der Waals surface area contributed by atoms with E-state index >= 15 is 0 Å². The lowest BCUT2D eigenvalue weighted by molar-refractivity contribution is 0.0790. The molecule has 1 aliphatic rings. The van der Waals surface area contributed by atoms with Crippen molar-refractivity contribution in [1.29, 1.82) is 0 Å². The molecule has 0 aliphatic carbocycles. The van der Waals surface area contributed by atoms with E-state index in [1.807, 2.05) is 53.4 Å². The summed E-state index contributed by atoms with van der Waals surface area (Å²) in [5, 5.41) is 11.6. The van der Waals surface area contributed by atoms with E-state index in [0.29, 0.717) is 30.9 Å². The third-order valence-corrected chi connectivity index (χ3v) is 5.82. The second-order valence-electron chi connectivity index (χ2n) is 7.85. The number of nitrogens with one attached hydrogen (secondary N) is 2. The highest BCUT2D eigenvalue weighted by molar-refractivity contribution is 5.95. The van der Waals surface area contributed by atoms with Crippen molar-refractivity contribution >= 4 is 22.8 Å². The molecule has 0 spiro atoms. The Morgan fingerprint density at radius 1 is 1.22 bits per heavy atom. The van der Waals surface area contributed by atoms with Crippen LogP contribution in [-0.4, -0.2) is 51.2 Å². The zero-order valence-electron chi connectivity index (χ0n) is 17.8. The number of anilines is 1. The number of methoxy groups -OCH3 is 1. The van der Waals surface area contributed by atoms with Gasteiger partial charge >= 0.3 is 0 Å². The molecule has 162 valence electrons. The third kappa shape index (κ3) is 3.99. The Kier molecular flexibility index (Phi) is 5.41. The van der Waals surface area contributed by atoms with Gasteiger partial charge < -0.3 is 15.0 Å². The molecule has 4 aromatic rings. The van der Waals surface area contributed by atoms with Gasteiger partial charge in [-0.15, -0.1) is 0 Å². The van der Waals surface area contributed by atoms with Gasteiger partial charge in [-0.25, -0.2) is 4.98 Å². The van der Waals surface area contributed by atoms with Gasteiger partial charge in [-0.3, -0.25) is 14.9 Å². The van der Waals surface area contributed by atoms with Crippen molar-refractivity contribution in [2.75, 3.05) is 25.5 Å². The molecule has 4 heterocycles. The quantitative estimate of drug-likeness (QED) is 0.487. The van der Waals surface area contributed by atoms with E-state index in [1.54, 1.807) is 19.4 Å². The molecule has 1 aromatic carbocycles. The van der Waals surface area contributed by atoms with Crippen LogP contribution in [0.5, 0.6) is 5.75 Å². The summed E-state index contributed by atoms with van der Waals surface area (Å²) in [5.74, 6) is 1.66. The molecule has 1 aliphatic heterocycles. The monoisotopic (exact) mass is 428 g/mol. The van der Waals surface area contributed by atoms with E-state index in [-0.39, 0.29) is 11.8 Å². The molecular weight excluding hydrogens is 404 g/mol. The number of ether oxygens (including phenoxy) is 1. The Morgan fingerprint density at radius 2 is 2.16 bits per heavy atom. The molecule has 0 unspecified atom stereocenters. The summed E-state index contributed by atoms with van der Waals surface area (Å²) in [6.45, 7) is 1.94. The SMILES string of the molecule is COc1cccc(C(=O)N2CC[C@@H](c3ccc4c(NCc5ccccn5)n[nH]c4n3)C2)c1. The van der Waals surface area contributed by atoms with Crippen molar-refractivity contribution < 1.29 is 9.53 Å². The average Bonchev–Trinajstić information content (AvgIpc) is 3.50. The Balaban J connectivity index is 1.27. The number of carbonyl (C=O) groups excluding carboxylic acids is 1. The number of nitrogens with zero attached hydrogens (tertiary/aromatic N) is 4. The first-order valence-corrected chi connectivity index (χ1v) is 10.6. The molecule has 0 saturated carbocycles. The summed E-state index contributed by atoms with van der Waals surface area (Å²) in [6, 6.07) is 17.2. The van der Waals surface area contributed by atoms with Gasteiger partial charge in [-0.1, -0.05) is 12.1 Å². The molecule has 1 atom stereocenters. The predicted molar refractivity (Wildman–Crippen MR) is 122 cm³/mol. The maximum Gasteiger partial charge on any atom is 0.254 e. The number of H-pyrrole nitrogens is 1. The Morgan fingerprint density at radius 3 is 3.00 bits per heavy atom. The first kappa shape index (κ1) is 20.0. The number of fused-ring (bicyclic) bond motifs is 1. The second kappa shape index (κ2) is 8.66. The van der Waals surface area contributed by atoms with Crippen LogP contribution in [0.4, 0.5) is 5.82 Å². The first-order chi connectivity index (χ1) is 15.7. The van der Waals surface area contributed by atoms with E-state index in [2.05, 4.69) is 20.5 Å². The van der Waals surface area contributed by atoms with Crippen LogP contribution in [0.2, 0.25) is 0 Å². The van der Waals surface area contributed by atoms with Gasteiger partial charge in [-0.05, 0) is 48.9 Å². The maximum absolute atomic E-state index is 12.9. The molecule has 1 saturated heterocycles. The highest BCUT2D eigenvalue weighted by Gasteiger charge is 2.29. The molecule has 1 fully saturated rings. The lowest BCUT2D eigenvalue weighted by atomic mass is 10.0. The minimum absolute atomic E-state index is 0.0232. The van der Waals surface area contributed by atoms with Crippen LogP contribution in [0.3, 0.4) is 0 Å². The predicted octanol–water partition coefficient (Wildman–Crippen LogP) is 3.60. The summed E-state index contributed by atoms with van der Waals surface area (Å²) in [5.41, 5.74) is 3.30. The highest BCUT2D eigenvalue weighted by Crippen LogP contribution is 2.29. The van der Waals surface area contributed by atoms with Gasteiger partial charge in [0.1, 0.15) is 5.75 Å². The number of likely N-dealkylation sites (tertiary alicyclic amines) is 1. The highest BCUT2D eigenvalue weighted by atomic mass is 16.5. The molecule has 0 radical (unpaired) electrons. The van der Waals surface area contributed by atoms with Crippen molar-refractivity contribution in [3.8, 4) is 5.75 Å². The summed E-state index contributed by atoms with van der Waals surface area (Å²) in [7, 11) is 1.60. The fourth-order valence-corrected chi connectivity index (χ4v) is 4.08. The number of aromatic nitrogens is 4. The third-order valence-electron chi connectivity index (χ3n) is 5.82. The van der Waals surface area contributed by atoms with E-state index in [0.717, 1.165) is 34.7 Å². The van der Waals surface area contributed by atoms with Crippen molar-refractivity contribution in [1.82, 2.24) is 25.1 Å². The fourth-order valence-electron chi connectivity index (χ4n) is 4.08. The van der Waals surface area contributed by atoms with Crippen molar-refractivity contribution in [2.24, 2.45) is 0 Å². The van der Waals surface area contributed by atoms with Crippen LogP contribution in [0.25, 0.3) is 11.0 Å². The molecule has 8 heteroatoms. The van der Waals surface area contributed by atoms with Gasteiger partial charge in [-0.2, -0.15) is 5.10 Å². The zero-order chi connectivity index (χ0) is 21.9. The lowest BCUT2D eigenvalue weighted by Gasteiger charge is -2.17. The van der Waals surface area contributed by atoms with Crippen molar-refractivity contribution in [3.05, 3.63) is 77.7 Å². The van der Waals surface area contributed by atoms with E-state index in [9.17, 15) is 4.79 Å². The summed E-state index contributed by atoms with van der Waals surface area (Å²) < 4.78 is 5.24. The standard InChI is InChI=1S/C24H24N6O2/c1-32-19-7-4-5-16(13-19)24(31)30-12-10-17(15-30)21-9-8-20-22(28-29-23(20)27-21)26-14-18-6-2-3-11-25-18/h2-9,11,13,17H,10,12,14-15H2,1H3,(H2,26,27,28,29)/t17-/m1/s1. The summed E-state index contributed by atoms with van der Waals surface area (Å²) in [6.07, 6.45) is 2.66. The molecule has 5 rings (SSSR count). The molecule has 32 heavy (non-hydrogen) atoms. The molecule has 8 nitrogen and oxygen atoms in total.